The quantitative estimate of drug-likeness (QED) is 0.322. The van der Waals surface area contributed by atoms with Gasteiger partial charge < -0.3 is 9.32 Å². The second-order valence-electron chi connectivity index (χ2n) is 6.25. The number of rotatable bonds is 4. The van der Waals surface area contributed by atoms with Gasteiger partial charge in [0.05, 0.1) is 9.58 Å². The van der Waals surface area contributed by atoms with Gasteiger partial charge in [-0.05, 0) is 36.4 Å². The summed E-state index contributed by atoms with van der Waals surface area (Å²) in [6.07, 6.45) is 0.868. The summed E-state index contributed by atoms with van der Waals surface area (Å²) in [6, 6.07) is 28.6. The minimum atomic E-state index is 0.685. The number of hydrogen-bond donors (Lipinski definition) is 0. The smallest absolute Gasteiger partial charge is 0.160 e. The van der Waals surface area contributed by atoms with Gasteiger partial charge in [0.2, 0.25) is 0 Å². The predicted molar refractivity (Wildman–Crippen MR) is 112 cm³/mol. The number of carbonyl (C=O) groups is 1. The summed E-state index contributed by atoms with van der Waals surface area (Å²) in [5, 5.41) is 1.04. The molecule has 27 heavy (non-hydrogen) atoms. The zero-order chi connectivity index (χ0) is 18.2. The molecule has 5 rings (SSSR count). The molecule has 0 saturated heterocycles. The molecule has 0 N–H and O–H groups in total. The van der Waals surface area contributed by atoms with Crippen LogP contribution in [-0.4, -0.2) is 6.29 Å². The molecule has 0 aliphatic rings. The van der Waals surface area contributed by atoms with Crippen molar-refractivity contribution in [2.75, 3.05) is 4.90 Å². The van der Waals surface area contributed by atoms with Crippen molar-refractivity contribution in [2.45, 2.75) is 0 Å². The van der Waals surface area contributed by atoms with Gasteiger partial charge in [0.25, 0.3) is 0 Å². The maximum Gasteiger partial charge on any atom is 0.160 e. The maximum atomic E-state index is 11.0. The molecule has 0 radical (unpaired) electrons. The third-order valence-electron chi connectivity index (χ3n) is 4.55. The fourth-order valence-electron chi connectivity index (χ4n) is 3.36. The van der Waals surface area contributed by atoms with E-state index in [2.05, 4.69) is 47.4 Å². The molecule has 4 heteroatoms. The van der Waals surface area contributed by atoms with E-state index in [9.17, 15) is 4.79 Å². The Hall–Kier alpha value is -3.37. The van der Waals surface area contributed by atoms with Crippen molar-refractivity contribution in [1.29, 1.82) is 0 Å². The van der Waals surface area contributed by atoms with Crippen LogP contribution >= 0.6 is 11.3 Å². The molecule has 0 aliphatic carbocycles. The van der Waals surface area contributed by atoms with E-state index in [4.69, 9.17) is 4.42 Å². The van der Waals surface area contributed by atoms with E-state index in [1.807, 2.05) is 36.4 Å². The van der Waals surface area contributed by atoms with Crippen LogP contribution in [-0.2, 0) is 0 Å². The normalized spacial score (nSPS) is 11.1. The van der Waals surface area contributed by atoms with E-state index in [1.165, 1.54) is 11.3 Å². The van der Waals surface area contributed by atoms with Crippen LogP contribution in [0.2, 0.25) is 0 Å². The molecule has 0 fully saturated rings. The number of anilines is 3. The average molecular weight is 369 g/mol. The first-order chi connectivity index (χ1) is 13.3. The van der Waals surface area contributed by atoms with Gasteiger partial charge >= 0.3 is 0 Å². The van der Waals surface area contributed by atoms with Crippen LogP contribution in [0.4, 0.5) is 17.1 Å². The Bertz CT molecular complexity index is 1200. The lowest BCUT2D eigenvalue weighted by Gasteiger charge is -2.25. The van der Waals surface area contributed by atoms with E-state index in [0.29, 0.717) is 4.88 Å². The molecule has 3 nitrogen and oxygen atoms in total. The molecule has 0 unspecified atom stereocenters. The van der Waals surface area contributed by atoms with Crippen LogP contribution in [0.25, 0.3) is 21.3 Å². The van der Waals surface area contributed by atoms with Crippen LogP contribution in [0.3, 0.4) is 0 Å². The number of furan rings is 1. The van der Waals surface area contributed by atoms with Gasteiger partial charge in [-0.25, -0.2) is 0 Å². The first kappa shape index (κ1) is 15.9. The van der Waals surface area contributed by atoms with Crippen LogP contribution in [0.1, 0.15) is 9.67 Å². The Morgan fingerprint density at radius 3 is 2.04 bits per heavy atom. The molecule has 3 aromatic carbocycles. The van der Waals surface area contributed by atoms with Gasteiger partial charge in [-0.1, -0.05) is 36.4 Å². The highest BCUT2D eigenvalue weighted by Crippen LogP contribution is 2.40. The molecular weight excluding hydrogens is 354 g/mol. The van der Waals surface area contributed by atoms with Gasteiger partial charge in [0.15, 0.2) is 6.29 Å². The van der Waals surface area contributed by atoms with Gasteiger partial charge in [0, 0.05) is 34.6 Å². The number of para-hydroxylation sites is 2. The zero-order valence-corrected chi connectivity index (χ0v) is 15.1. The van der Waals surface area contributed by atoms with Crippen LogP contribution in [0, 0.1) is 0 Å². The van der Waals surface area contributed by atoms with Crippen molar-refractivity contribution in [3.8, 4) is 0 Å². The molecule has 5 aromatic rings. The topological polar surface area (TPSA) is 33.5 Å². The summed E-state index contributed by atoms with van der Waals surface area (Å²) in [5.74, 6) is 0. The highest BCUT2D eigenvalue weighted by molar-refractivity contribution is 7.21. The molecular formula is C23H15NO2S. The lowest BCUT2D eigenvalue weighted by molar-refractivity contribution is 0.112. The monoisotopic (exact) mass is 369 g/mol. The van der Waals surface area contributed by atoms with Crippen LogP contribution < -0.4 is 4.90 Å². The van der Waals surface area contributed by atoms with Crippen molar-refractivity contribution in [3.05, 3.63) is 89.8 Å². The first-order valence-electron chi connectivity index (χ1n) is 8.65. The van der Waals surface area contributed by atoms with Crippen LogP contribution in [0.5, 0.6) is 0 Å². The third-order valence-corrected chi connectivity index (χ3v) is 5.62. The van der Waals surface area contributed by atoms with Crippen molar-refractivity contribution < 1.29 is 9.21 Å². The molecule has 0 amide bonds. The fraction of sp³-hybridized carbons (Fsp3) is 0. The third kappa shape index (κ3) is 2.71. The Morgan fingerprint density at radius 2 is 1.41 bits per heavy atom. The van der Waals surface area contributed by atoms with Gasteiger partial charge in [0.1, 0.15) is 11.2 Å². The van der Waals surface area contributed by atoms with Gasteiger partial charge in [-0.15, -0.1) is 11.3 Å². The second-order valence-corrected chi connectivity index (χ2v) is 7.33. The molecule has 130 valence electrons. The number of hydrogen-bond acceptors (Lipinski definition) is 4. The lowest BCUT2D eigenvalue weighted by atomic mass is 10.1. The fourth-order valence-corrected chi connectivity index (χ4v) is 4.29. The van der Waals surface area contributed by atoms with E-state index >= 15 is 0 Å². The average Bonchev–Trinajstić information content (AvgIpc) is 3.27. The lowest BCUT2D eigenvalue weighted by Crippen LogP contribution is -2.09. The van der Waals surface area contributed by atoms with Gasteiger partial charge in [-0.3, -0.25) is 4.79 Å². The standard InChI is InChI=1S/C23H15NO2S/c25-15-19-14-22-23(27-19)20-12-11-18(13-21(20)26-22)24(16-7-3-1-4-8-16)17-9-5-2-6-10-17/h1-15H. The Morgan fingerprint density at radius 1 is 0.741 bits per heavy atom. The molecule has 0 bridgehead atoms. The number of benzene rings is 3. The first-order valence-corrected chi connectivity index (χ1v) is 9.46. The van der Waals surface area contributed by atoms with Crippen molar-refractivity contribution in [2.24, 2.45) is 0 Å². The minimum Gasteiger partial charge on any atom is -0.455 e. The molecule has 2 aromatic heterocycles. The number of fused-ring (bicyclic) bond motifs is 3. The molecule has 0 atom stereocenters. The molecule has 0 aliphatic heterocycles. The number of thiophene rings is 1. The largest absolute Gasteiger partial charge is 0.455 e. The van der Waals surface area contributed by atoms with Crippen LogP contribution in [0.15, 0.2) is 89.3 Å². The summed E-state index contributed by atoms with van der Waals surface area (Å²) < 4.78 is 7.04. The number of aldehydes is 1. The Balaban J connectivity index is 1.69. The summed E-state index contributed by atoms with van der Waals surface area (Å²) >= 11 is 1.47. The number of nitrogens with zero attached hydrogens (tertiary/aromatic N) is 1. The van der Waals surface area contributed by atoms with Crippen molar-refractivity contribution in [3.63, 3.8) is 0 Å². The van der Waals surface area contributed by atoms with Crippen molar-refractivity contribution >= 4 is 55.9 Å². The summed E-state index contributed by atoms with van der Waals surface area (Å²) in [4.78, 5) is 13.9. The highest BCUT2D eigenvalue weighted by atomic mass is 32.1. The molecule has 0 spiro atoms. The highest BCUT2D eigenvalue weighted by Gasteiger charge is 2.16. The second kappa shape index (κ2) is 6.41. The van der Waals surface area contributed by atoms with E-state index in [-0.39, 0.29) is 0 Å². The minimum absolute atomic E-state index is 0.685. The maximum absolute atomic E-state index is 11.0. The van der Waals surface area contributed by atoms with Crippen molar-refractivity contribution in [1.82, 2.24) is 0 Å². The van der Waals surface area contributed by atoms with E-state index in [0.717, 1.165) is 44.6 Å². The molecule has 0 saturated carbocycles. The van der Waals surface area contributed by atoms with Gasteiger partial charge in [-0.2, -0.15) is 0 Å². The Kier molecular flexibility index (Phi) is 3.77. The molecule has 2 heterocycles. The summed E-state index contributed by atoms with van der Waals surface area (Å²) in [6.45, 7) is 0. The summed E-state index contributed by atoms with van der Waals surface area (Å²) in [5.41, 5.74) is 4.78. The van der Waals surface area contributed by atoms with E-state index in [1.54, 1.807) is 6.07 Å². The zero-order valence-electron chi connectivity index (χ0n) is 14.3. The SMILES string of the molecule is O=Cc1cc2oc3cc(N(c4ccccc4)c4ccccc4)ccc3c2s1. The Labute approximate surface area is 160 Å². The van der Waals surface area contributed by atoms with E-state index < -0.39 is 0 Å². The predicted octanol–water partition coefficient (Wildman–Crippen LogP) is 6.93. The summed E-state index contributed by atoms with van der Waals surface area (Å²) in [7, 11) is 0. The number of carbonyl (C=O) groups excluding carboxylic acids is 1.